The number of piperidine rings is 1. The molecule has 1 aromatic rings. The Morgan fingerprint density at radius 3 is 3.10 bits per heavy atom. The third kappa shape index (κ3) is 3.81. The standard InChI is InChI=1S/C15H20N4O2/c1-3-11(2)17-15(21)18-13-7-5-9-19(14(13)20)12-6-4-8-16-10-12/h3-4,6,8,10-11,13H,1,5,7,9H2,2H3,(H2,17,18,21)/t11-,13+/m0/s1. The van der Waals surface area contributed by atoms with E-state index < -0.39 is 6.04 Å². The van der Waals surface area contributed by atoms with Crippen LogP contribution in [0.15, 0.2) is 37.2 Å². The highest BCUT2D eigenvalue weighted by Gasteiger charge is 2.30. The molecule has 2 N–H and O–H groups in total. The molecule has 2 rings (SSSR count). The lowest BCUT2D eigenvalue weighted by Crippen LogP contribution is -2.55. The van der Waals surface area contributed by atoms with E-state index in [1.54, 1.807) is 29.4 Å². The summed E-state index contributed by atoms with van der Waals surface area (Å²) < 4.78 is 0. The highest BCUT2D eigenvalue weighted by atomic mass is 16.2. The lowest BCUT2D eigenvalue weighted by molar-refractivity contribution is -0.121. The molecule has 6 nitrogen and oxygen atoms in total. The summed E-state index contributed by atoms with van der Waals surface area (Å²) >= 11 is 0. The zero-order valence-electron chi connectivity index (χ0n) is 12.1. The van der Waals surface area contributed by atoms with Crippen molar-refractivity contribution in [1.82, 2.24) is 15.6 Å². The van der Waals surface area contributed by atoms with Crippen LogP contribution in [0.25, 0.3) is 0 Å². The van der Waals surface area contributed by atoms with Crippen molar-refractivity contribution in [3.63, 3.8) is 0 Å². The third-order valence-electron chi connectivity index (χ3n) is 3.41. The van der Waals surface area contributed by atoms with E-state index in [2.05, 4.69) is 22.2 Å². The van der Waals surface area contributed by atoms with Crippen molar-refractivity contribution in [3.8, 4) is 0 Å². The number of nitrogens with one attached hydrogen (secondary N) is 2. The second-order valence-electron chi connectivity index (χ2n) is 5.04. The van der Waals surface area contributed by atoms with Crippen molar-refractivity contribution >= 4 is 17.6 Å². The molecule has 0 bridgehead atoms. The number of rotatable bonds is 4. The molecule has 1 aliphatic rings. The molecular weight excluding hydrogens is 268 g/mol. The van der Waals surface area contributed by atoms with Crippen LogP contribution in [0.5, 0.6) is 0 Å². The zero-order valence-corrected chi connectivity index (χ0v) is 12.1. The molecule has 0 saturated carbocycles. The fourth-order valence-electron chi connectivity index (χ4n) is 2.24. The van der Waals surface area contributed by atoms with Crippen LogP contribution in [0, 0.1) is 0 Å². The van der Waals surface area contributed by atoms with Gasteiger partial charge in [0.2, 0.25) is 5.91 Å². The van der Waals surface area contributed by atoms with Crippen LogP contribution in [0.3, 0.4) is 0 Å². The van der Waals surface area contributed by atoms with Gasteiger partial charge in [0.25, 0.3) is 0 Å². The van der Waals surface area contributed by atoms with Crippen LogP contribution >= 0.6 is 0 Å². The molecule has 0 aliphatic carbocycles. The van der Waals surface area contributed by atoms with Crippen LogP contribution < -0.4 is 15.5 Å². The molecule has 21 heavy (non-hydrogen) atoms. The van der Waals surface area contributed by atoms with Gasteiger partial charge in [0.05, 0.1) is 11.9 Å². The van der Waals surface area contributed by atoms with Gasteiger partial charge >= 0.3 is 6.03 Å². The number of amides is 3. The minimum atomic E-state index is -0.504. The van der Waals surface area contributed by atoms with Gasteiger partial charge in [-0.1, -0.05) is 6.08 Å². The zero-order chi connectivity index (χ0) is 15.2. The number of urea groups is 1. The summed E-state index contributed by atoms with van der Waals surface area (Å²) in [5, 5.41) is 5.42. The molecule has 3 amide bonds. The van der Waals surface area contributed by atoms with Crippen molar-refractivity contribution in [2.45, 2.75) is 31.8 Å². The fraction of sp³-hybridized carbons (Fsp3) is 0.400. The number of pyridine rings is 1. The van der Waals surface area contributed by atoms with Gasteiger partial charge in [0.1, 0.15) is 6.04 Å². The van der Waals surface area contributed by atoms with E-state index >= 15 is 0 Å². The predicted octanol–water partition coefficient (Wildman–Crippen LogP) is 1.45. The van der Waals surface area contributed by atoms with E-state index in [-0.39, 0.29) is 18.0 Å². The Labute approximate surface area is 124 Å². The van der Waals surface area contributed by atoms with Crippen LogP contribution in [0.4, 0.5) is 10.5 Å². The largest absolute Gasteiger partial charge is 0.332 e. The number of hydrogen-bond acceptors (Lipinski definition) is 3. The maximum atomic E-state index is 12.5. The van der Waals surface area contributed by atoms with E-state index in [9.17, 15) is 9.59 Å². The monoisotopic (exact) mass is 288 g/mol. The van der Waals surface area contributed by atoms with E-state index in [4.69, 9.17) is 0 Å². The number of carbonyl (C=O) groups excluding carboxylic acids is 2. The first-order valence-corrected chi connectivity index (χ1v) is 7.03. The first-order valence-electron chi connectivity index (χ1n) is 7.03. The van der Waals surface area contributed by atoms with E-state index in [1.807, 2.05) is 13.0 Å². The van der Waals surface area contributed by atoms with Gasteiger partial charge < -0.3 is 15.5 Å². The molecule has 1 saturated heterocycles. The summed E-state index contributed by atoms with van der Waals surface area (Å²) in [5.74, 6) is -0.101. The molecule has 112 valence electrons. The Bertz CT molecular complexity index is 518. The van der Waals surface area contributed by atoms with Gasteiger partial charge in [0, 0.05) is 18.8 Å². The van der Waals surface area contributed by atoms with Gasteiger partial charge in [-0.25, -0.2) is 4.79 Å². The first-order chi connectivity index (χ1) is 10.1. The Balaban J connectivity index is 2.00. The molecule has 2 atom stereocenters. The molecule has 1 fully saturated rings. The highest BCUT2D eigenvalue weighted by Crippen LogP contribution is 2.19. The SMILES string of the molecule is C=C[C@H](C)NC(=O)N[C@@H]1CCCN(c2cccnc2)C1=O. The second-order valence-corrected chi connectivity index (χ2v) is 5.04. The Morgan fingerprint density at radius 2 is 2.43 bits per heavy atom. The quantitative estimate of drug-likeness (QED) is 0.824. The summed E-state index contributed by atoms with van der Waals surface area (Å²) in [7, 11) is 0. The molecule has 1 aliphatic heterocycles. The summed E-state index contributed by atoms with van der Waals surface area (Å²) in [6.07, 6.45) is 6.43. The van der Waals surface area contributed by atoms with Crippen molar-refractivity contribution < 1.29 is 9.59 Å². The topological polar surface area (TPSA) is 74.3 Å². The fourth-order valence-corrected chi connectivity index (χ4v) is 2.24. The number of hydrogen-bond donors (Lipinski definition) is 2. The lowest BCUT2D eigenvalue weighted by atomic mass is 10.0. The molecule has 2 heterocycles. The van der Waals surface area contributed by atoms with E-state index in [0.717, 1.165) is 12.1 Å². The molecule has 0 unspecified atom stereocenters. The van der Waals surface area contributed by atoms with Crippen LogP contribution in [-0.4, -0.2) is 35.6 Å². The highest BCUT2D eigenvalue weighted by molar-refractivity contribution is 5.99. The van der Waals surface area contributed by atoms with E-state index in [1.165, 1.54) is 0 Å². The molecule has 0 radical (unpaired) electrons. The van der Waals surface area contributed by atoms with Crippen molar-refractivity contribution in [2.75, 3.05) is 11.4 Å². The van der Waals surface area contributed by atoms with Crippen LogP contribution in [0.2, 0.25) is 0 Å². The third-order valence-corrected chi connectivity index (χ3v) is 3.41. The number of anilines is 1. The minimum Gasteiger partial charge on any atom is -0.332 e. The number of carbonyl (C=O) groups is 2. The Morgan fingerprint density at radius 1 is 1.62 bits per heavy atom. The van der Waals surface area contributed by atoms with Crippen molar-refractivity contribution in [2.24, 2.45) is 0 Å². The first kappa shape index (κ1) is 15.0. The van der Waals surface area contributed by atoms with Gasteiger partial charge in [-0.05, 0) is 31.9 Å². The average Bonchev–Trinajstić information content (AvgIpc) is 2.50. The maximum Gasteiger partial charge on any atom is 0.315 e. The molecular formula is C15H20N4O2. The summed E-state index contributed by atoms with van der Waals surface area (Å²) in [6, 6.07) is 2.63. The van der Waals surface area contributed by atoms with Gasteiger partial charge in [-0.3, -0.25) is 9.78 Å². The van der Waals surface area contributed by atoms with Gasteiger partial charge in [-0.15, -0.1) is 6.58 Å². The second kappa shape index (κ2) is 6.88. The summed E-state index contributed by atoms with van der Waals surface area (Å²) in [5.41, 5.74) is 0.758. The van der Waals surface area contributed by atoms with Crippen LogP contribution in [0.1, 0.15) is 19.8 Å². The summed E-state index contributed by atoms with van der Waals surface area (Å²) in [6.45, 7) is 6.07. The molecule has 6 heteroatoms. The smallest absolute Gasteiger partial charge is 0.315 e. The Hall–Kier alpha value is -2.37. The average molecular weight is 288 g/mol. The number of aromatic nitrogens is 1. The lowest BCUT2D eigenvalue weighted by Gasteiger charge is -2.32. The van der Waals surface area contributed by atoms with Gasteiger partial charge in [-0.2, -0.15) is 0 Å². The summed E-state index contributed by atoms with van der Waals surface area (Å²) in [4.78, 5) is 30.0. The molecule has 1 aromatic heterocycles. The Kier molecular flexibility index (Phi) is 4.92. The molecule has 0 aromatic carbocycles. The van der Waals surface area contributed by atoms with E-state index in [0.29, 0.717) is 13.0 Å². The number of nitrogens with zero attached hydrogens (tertiary/aromatic N) is 2. The van der Waals surface area contributed by atoms with Crippen LogP contribution in [-0.2, 0) is 4.79 Å². The molecule has 0 spiro atoms. The van der Waals surface area contributed by atoms with Gasteiger partial charge in [0.15, 0.2) is 0 Å². The maximum absolute atomic E-state index is 12.5. The minimum absolute atomic E-state index is 0.101. The predicted molar refractivity (Wildman–Crippen MR) is 80.9 cm³/mol. The van der Waals surface area contributed by atoms with Crippen molar-refractivity contribution in [1.29, 1.82) is 0 Å². The normalized spacial score (nSPS) is 19.8. The van der Waals surface area contributed by atoms with Crippen molar-refractivity contribution in [3.05, 3.63) is 37.2 Å².